The highest BCUT2D eigenvalue weighted by atomic mass is 16.4. The standard InChI is InChI=1S/C22H30N6O4/c23-22(25-10-4-3-9-19(29)30)28-21(32)18(27-20(31)17-8-5-11-24-17)12-14-13-26-16-7-2-1-6-15(14)16/h1-2,6-7,13,17-18,24,26H,3-5,8-12H2,(H,27,31)(H,29,30)(H3,23,25,28,32)/t17-,18-/m0/s1. The Morgan fingerprint density at radius 3 is 2.81 bits per heavy atom. The fourth-order valence-electron chi connectivity index (χ4n) is 3.75. The zero-order valence-electron chi connectivity index (χ0n) is 17.9. The van der Waals surface area contributed by atoms with Crippen LogP contribution in [0.1, 0.15) is 37.7 Å². The predicted molar refractivity (Wildman–Crippen MR) is 121 cm³/mol. The Labute approximate surface area is 186 Å². The van der Waals surface area contributed by atoms with E-state index in [0.717, 1.165) is 35.9 Å². The number of aliphatic imine (C=N–C) groups is 1. The van der Waals surface area contributed by atoms with Crippen molar-refractivity contribution in [3.05, 3.63) is 36.0 Å². The summed E-state index contributed by atoms with van der Waals surface area (Å²) in [5, 5.41) is 18.2. The highest BCUT2D eigenvalue weighted by Gasteiger charge is 2.28. The van der Waals surface area contributed by atoms with Gasteiger partial charge in [0.2, 0.25) is 11.8 Å². The molecule has 0 unspecified atom stereocenters. The van der Waals surface area contributed by atoms with Gasteiger partial charge in [-0.25, -0.2) is 0 Å². The third kappa shape index (κ3) is 6.55. The van der Waals surface area contributed by atoms with Crippen molar-refractivity contribution in [3.8, 4) is 0 Å². The van der Waals surface area contributed by atoms with E-state index in [1.807, 2.05) is 30.5 Å². The number of carbonyl (C=O) groups excluding carboxylic acids is 2. The molecule has 0 aliphatic carbocycles. The number of guanidine groups is 1. The maximum atomic E-state index is 12.9. The summed E-state index contributed by atoms with van der Waals surface area (Å²) in [7, 11) is 0. The van der Waals surface area contributed by atoms with Crippen molar-refractivity contribution in [2.75, 3.05) is 13.1 Å². The molecule has 1 aliphatic heterocycles. The number of carbonyl (C=O) groups is 3. The molecule has 10 heteroatoms. The van der Waals surface area contributed by atoms with Gasteiger partial charge in [-0.2, -0.15) is 0 Å². The van der Waals surface area contributed by atoms with E-state index < -0.39 is 17.9 Å². The summed E-state index contributed by atoms with van der Waals surface area (Å²) in [4.78, 5) is 43.4. The Bertz CT molecular complexity index is 980. The molecule has 7 N–H and O–H groups in total. The second-order valence-electron chi connectivity index (χ2n) is 7.88. The minimum Gasteiger partial charge on any atom is -0.481 e. The summed E-state index contributed by atoms with van der Waals surface area (Å²) in [6.45, 7) is 1.09. The zero-order valence-corrected chi connectivity index (χ0v) is 17.9. The van der Waals surface area contributed by atoms with E-state index in [0.29, 0.717) is 25.8 Å². The van der Waals surface area contributed by atoms with E-state index in [4.69, 9.17) is 10.8 Å². The van der Waals surface area contributed by atoms with E-state index in [2.05, 4.69) is 25.9 Å². The average Bonchev–Trinajstić information content (AvgIpc) is 3.43. The third-order valence-electron chi connectivity index (χ3n) is 5.44. The number of nitrogens with one attached hydrogen (secondary N) is 4. The van der Waals surface area contributed by atoms with Crippen molar-refractivity contribution in [2.24, 2.45) is 10.7 Å². The Morgan fingerprint density at radius 2 is 2.06 bits per heavy atom. The summed E-state index contributed by atoms with van der Waals surface area (Å²) in [6.07, 6.45) is 4.87. The molecule has 0 spiro atoms. The largest absolute Gasteiger partial charge is 0.481 e. The quantitative estimate of drug-likeness (QED) is 0.180. The number of fused-ring (bicyclic) bond motifs is 1. The molecule has 0 saturated carbocycles. The van der Waals surface area contributed by atoms with Gasteiger partial charge in [0.1, 0.15) is 6.04 Å². The predicted octanol–water partition coefficient (Wildman–Crippen LogP) is 0.633. The number of hydrogen-bond acceptors (Lipinski definition) is 5. The molecular formula is C22H30N6O4. The van der Waals surface area contributed by atoms with Crippen LogP contribution in [0, 0.1) is 0 Å². The van der Waals surface area contributed by atoms with Crippen molar-refractivity contribution in [3.63, 3.8) is 0 Å². The zero-order chi connectivity index (χ0) is 22.9. The second kappa shape index (κ2) is 11.3. The van der Waals surface area contributed by atoms with Gasteiger partial charge in [-0.15, -0.1) is 0 Å². The number of carboxylic acid groups (broad SMARTS) is 1. The lowest BCUT2D eigenvalue weighted by atomic mass is 10.0. The maximum Gasteiger partial charge on any atom is 0.303 e. The highest BCUT2D eigenvalue weighted by molar-refractivity contribution is 6.00. The van der Waals surface area contributed by atoms with Crippen LogP contribution in [-0.2, 0) is 20.8 Å². The molecule has 0 radical (unpaired) electrons. The molecule has 1 aromatic carbocycles. The number of H-pyrrole nitrogens is 1. The van der Waals surface area contributed by atoms with Crippen molar-refractivity contribution in [2.45, 2.75) is 50.6 Å². The van der Waals surface area contributed by atoms with Crippen LogP contribution in [0.3, 0.4) is 0 Å². The van der Waals surface area contributed by atoms with Crippen LogP contribution < -0.4 is 21.7 Å². The second-order valence-corrected chi connectivity index (χ2v) is 7.88. The number of rotatable bonds is 10. The summed E-state index contributed by atoms with van der Waals surface area (Å²) in [5.74, 6) is -1.58. The van der Waals surface area contributed by atoms with E-state index in [1.54, 1.807) is 0 Å². The number of aliphatic carboxylic acids is 1. The van der Waals surface area contributed by atoms with Gasteiger partial charge < -0.3 is 26.5 Å². The topological polar surface area (TPSA) is 162 Å². The SMILES string of the molecule is NC(=NCCCCC(=O)O)NC(=O)[C@H](Cc1c[nH]c2ccccc12)NC(=O)[C@@H]1CCCN1. The molecule has 0 bridgehead atoms. The first kappa shape index (κ1) is 23.3. The number of unbranched alkanes of at least 4 members (excludes halogenated alkanes) is 1. The Balaban J connectivity index is 1.66. The lowest BCUT2D eigenvalue weighted by Gasteiger charge is -2.20. The molecule has 2 atom stereocenters. The Kier molecular flexibility index (Phi) is 8.20. The molecule has 1 saturated heterocycles. The van der Waals surface area contributed by atoms with Crippen molar-refractivity contribution in [1.29, 1.82) is 0 Å². The van der Waals surface area contributed by atoms with Crippen LogP contribution in [0.15, 0.2) is 35.5 Å². The minimum atomic E-state index is -0.858. The van der Waals surface area contributed by atoms with Crippen LogP contribution >= 0.6 is 0 Å². The van der Waals surface area contributed by atoms with Crippen molar-refractivity contribution < 1.29 is 19.5 Å². The molecule has 2 aromatic rings. The minimum absolute atomic E-state index is 0.0532. The highest BCUT2D eigenvalue weighted by Crippen LogP contribution is 2.19. The smallest absolute Gasteiger partial charge is 0.303 e. The van der Waals surface area contributed by atoms with Crippen LogP contribution in [0.4, 0.5) is 0 Å². The number of nitrogens with zero attached hydrogens (tertiary/aromatic N) is 1. The summed E-state index contributed by atoms with van der Waals surface area (Å²) >= 11 is 0. The van der Waals surface area contributed by atoms with E-state index in [9.17, 15) is 14.4 Å². The summed E-state index contributed by atoms with van der Waals surface area (Å²) in [6, 6.07) is 6.62. The first-order valence-corrected chi connectivity index (χ1v) is 10.9. The van der Waals surface area contributed by atoms with E-state index >= 15 is 0 Å². The molecule has 3 rings (SSSR count). The van der Waals surface area contributed by atoms with Gasteiger partial charge in [-0.1, -0.05) is 18.2 Å². The fraction of sp³-hybridized carbons (Fsp3) is 0.455. The molecule has 1 aliphatic rings. The van der Waals surface area contributed by atoms with Crippen LogP contribution in [0.5, 0.6) is 0 Å². The molecular weight excluding hydrogens is 412 g/mol. The van der Waals surface area contributed by atoms with Gasteiger partial charge in [-0.3, -0.25) is 24.7 Å². The number of carboxylic acids is 1. The number of aromatic nitrogens is 1. The van der Waals surface area contributed by atoms with E-state index in [-0.39, 0.29) is 24.3 Å². The number of nitrogens with two attached hydrogens (primary N) is 1. The Morgan fingerprint density at radius 1 is 1.25 bits per heavy atom. The van der Waals surface area contributed by atoms with Gasteiger partial charge in [0.15, 0.2) is 5.96 Å². The van der Waals surface area contributed by atoms with Crippen molar-refractivity contribution in [1.82, 2.24) is 20.9 Å². The van der Waals surface area contributed by atoms with Gasteiger partial charge in [0.25, 0.3) is 0 Å². The normalized spacial score (nSPS) is 17.2. The van der Waals surface area contributed by atoms with Gasteiger partial charge in [0, 0.05) is 36.5 Å². The monoisotopic (exact) mass is 442 g/mol. The number of benzene rings is 1. The number of para-hydroxylation sites is 1. The number of aromatic amines is 1. The maximum absolute atomic E-state index is 12.9. The first-order valence-electron chi connectivity index (χ1n) is 10.9. The van der Waals surface area contributed by atoms with Crippen LogP contribution in [0.25, 0.3) is 10.9 Å². The fourth-order valence-corrected chi connectivity index (χ4v) is 3.75. The molecule has 32 heavy (non-hydrogen) atoms. The van der Waals surface area contributed by atoms with Gasteiger partial charge >= 0.3 is 5.97 Å². The summed E-state index contributed by atoms with van der Waals surface area (Å²) in [5.41, 5.74) is 7.70. The van der Waals surface area contributed by atoms with Gasteiger partial charge in [-0.05, 0) is 43.9 Å². The molecule has 172 valence electrons. The average molecular weight is 443 g/mol. The van der Waals surface area contributed by atoms with Crippen LogP contribution in [0.2, 0.25) is 0 Å². The molecule has 1 fully saturated rings. The molecule has 2 heterocycles. The Hall–Kier alpha value is -3.40. The van der Waals surface area contributed by atoms with Gasteiger partial charge in [0.05, 0.1) is 6.04 Å². The van der Waals surface area contributed by atoms with Crippen LogP contribution in [-0.4, -0.2) is 59.0 Å². The molecule has 1 aromatic heterocycles. The number of hydrogen-bond donors (Lipinski definition) is 6. The van der Waals surface area contributed by atoms with Crippen molar-refractivity contribution >= 4 is 34.6 Å². The lowest BCUT2D eigenvalue weighted by Crippen LogP contribution is -2.54. The summed E-state index contributed by atoms with van der Waals surface area (Å²) < 4.78 is 0. The number of amides is 2. The first-order chi connectivity index (χ1) is 15.4. The molecule has 10 nitrogen and oxygen atoms in total. The molecule has 2 amide bonds. The third-order valence-corrected chi connectivity index (χ3v) is 5.44. The van der Waals surface area contributed by atoms with E-state index in [1.165, 1.54) is 0 Å². The lowest BCUT2D eigenvalue weighted by molar-refractivity contribution is -0.137.